The van der Waals surface area contributed by atoms with Crippen LogP contribution in [0, 0.1) is 11.8 Å². The molecule has 3 aliphatic rings. The first-order valence-electron chi connectivity index (χ1n) is 12.8. The molecule has 3 heterocycles. The van der Waals surface area contributed by atoms with Crippen LogP contribution in [0.25, 0.3) is 0 Å². The predicted molar refractivity (Wildman–Crippen MR) is 136 cm³/mol. The second-order valence-electron chi connectivity index (χ2n) is 10.5. The molecule has 1 unspecified atom stereocenters. The molecule has 0 aliphatic carbocycles. The van der Waals surface area contributed by atoms with Crippen molar-refractivity contribution in [3.8, 4) is 11.8 Å². The number of hydrogen-bond acceptors (Lipinski definition) is 8. The van der Waals surface area contributed by atoms with E-state index in [0.717, 1.165) is 17.7 Å². The van der Waals surface area contributed by atoms with Crippen molar-refractivity contribution in [2.24, 2.45) is 0 Å². The van der Waals surface area contributed by atoms with Gasteiger partial charge in [-0.25, -0.2) is 9.59 Å². The number of benzene rings is 1. The molecule has 4 amide bonds. The van der Waals surface area contributed by atoms with Gasteiger partial charge in [-0.3, -0.25) is 24.7 Å². The van der Waals surface area contributed by atoms with Gasteiger partial charge in [0.2, 0.25) is 11.8 Å². The molecule has 4 rings (SSSR count). The van der Waals surface area contributed by atoms with Gasteiger partial charge in [-0.15, -0.1) is 0 Å². The molecule has 11 heteroatoms. The molecule has 0 aromatic heterocycles. The van der Waals surface area contributed by atoms with Crippen LogP contribution in [0.4, 0.5) is 9.59 Å². The highest BCUT2D eigenvalue weighted by atomic mass is 16.6. The first kappa shape index (κ1) is 27.4. The number of carbonyl (C=O) groups is 4. The lowest BCUT2D eigenvalue weighted by atomic mass is 10.0. The van der Waals surface area contributed by atoms with E-state index >= 15 is 0 Å². The summed E-state index contributed by atoms with van der Waals surface area (Å²) in [6.45, 7) is 8.51. The second-order valence-corrected chi connectivity index (χ2v) is 10.5. The van der Waals surface area contributed by atoms with Crippen molar-refractivity contribution in [2.75, 3.05) is 39.3 Å². The molecule has 3 aliphatic heterocycles. The van der Waals surface area contributed by atoms with E-state index in [1.54, 1.807) is 0 Å². The maximum Gasteiger partial charge on any atom is 0.411 e. The zero-order valence-corrected chi connectivity index (χ0v) is 22.0. The fourth-order valence-corrected chi connectivity index (χ4v) is 4.52. The van der Waals surface area contributed by atoms with Crippen molar-refractivity contribution < 1.29 is 33.4 Å². The van der Waals surface area contributed by atoms with Crippen LogP contribution in [0.1, 0.15) is 50.8 Å². The molecular weight excluding hydrogens is 492 g/mol. The van der Waals surface area contributed by atoms with E-state index in [-0.39, 0.29) is 31.4 Å². The summed E-state index contributed by atoms with van der Waals surface area (Å²) in [5.74, 6) is 5.56. The molecule has 11 nitrogen and oxygen atoms in total. The highest BCUT2D eigenvalue weighted by Crippen LogP contribution is 2.29. The normalized spacial score (nSPS) is 24.2. The Labute approximate surface area is 222 Å². The van der Waals surface area contributed by atoms with Crippen molar-refractivity contribution in [2.45, 2.75) is 57.5 Å². The Bertz CT molecular complexity index is 1140. The first-order chi connectivity index (χ1) is 18.1. The Kier molecular flexibility index (Phi) is 8.54. The van der Waals surface area contributed by atoms with E-state index in [0.29, 0.717) is 26.2 Å². The van der Waals surface area contributed by atoms with Gasteiger partial charge in [0.25, 0.3) is 0 Å². The summed E-state index contributed by atoms with van der Waals surface area (Å²) < 4.78 is 16.6. The number of imide groups is 1. The number of rotatable bonds is 5. The van der Waals surface area contributed by atoms with Gasteiger partial charge in [-0.05, 0) is 44.9 Å². The van der Waals surface area contributed by atoms with Gasteiger partial charge in [0.05, 0.1) is 25.8 Å². The van der Waals surface area contributed by atoms with Crippen molar-refractivity contribution in [1.29, 1.82) is 0 Å². The Morgan fingerprint density at radius 2 is 2.05 bits per heavy atom. The Morgan fingerprint density at radius 3 is 2.82 bits per heavy atom. The van der Waals surface area contributed by atoms with Gasteiger partial charge < -0.3 is 19.5 Å². The first-order valence-corrected chi connectivity index (χ1v) is 12.8. The van der Waals surface area contributed by atoms with E-state index in [4.69, 9.17) is 14.2 Å². The zero-order chi connectivity index (χ0) is 27.3. The maximum absolute atomic E-state index is 12.5. The smallest absolute Gasteiger partial charge is 0.411 e. The number of morpholine rings is 1. The average molecular weight is 527 g/mol. The van der Waals surface area contributed by atoms with Gasteiger partial charge in [-0.1, -0.05) is 24.0 Å². The van der Waals surface area contributed by atoms with Crippen LogP contribution in [0.15, 0.2) is 24.3 Å². The highest BCUT2D eigenvalue weighted by Gasteiger charge is 2.42. The van der Waals surface area contributed by atoms with Gasteiger partial charge in [0.1, 0.15) is 17.7 Å². The number of cyclic esters (lactones) is 1. The summed E-state index contributed by atoms with van der Waals surface area (Å²) >= 11 is 0. The minimum Gasteiger partial charge on any atom is -0.444 e. The summed E-state index contributed by atoms with van der Waals surface area (Å²) in [5, 5.41) is 5.03. The molecule has 0 saturated carbocycles. The maximum atomic E-state index is 12.5. The minimum absolute atomic E-state index is 0.147. The van der Waals surface area contributed by atoms with E-state index in [1.165, 1.54) is 4.90 Å². The summed E-state index contributed by atoms with van der Waals surface area (Å²) in [5.41, 5.74) is 1.02. The third kappa shape index (κ3) is 7.46. The lowest BCUT2D eigenvalue weighted by molar-refractivity contribution is -0.136. The molecule has 0 bridgehead atoms. The fraction of sp³-hybridized carbons (Fsp3) is 0.556. The summed E-state index contributed by atoms with van der Waals surface area (Å²) in [6, 6.07) is 6.78. The molecule has 0 spiro atoms. The molecule has 3 atom stereocenters. The summed E-state index contributed by atoms with van der Waals surface area (Å²) in [7, 11) is 0. The van der Waals surface area contributed by atoms with Crippen LogP contribution in [-0.4, -0.2) is 90.9 Å². The van der Waals surface area contributed by atoms with Crippen LogP contribution in [0.3, 0.4) is 0 Å². The quantitative estimate of drug-likeness (QED) is 0.437. The largest absolute Gasteiger partial charge is 0.444 e. The molecule has 38 heavy (non-hydrogen) atoms. The highest BCUT2D eigenvalue weighted by molar-refractivity contribution is 6.01. The van der Waals surface area contributed by atoms with Crippen molar-refractivity contribution in [3.63, 3.8) is 0 Å². The topological polar surface area (TPSA) is 127 Å². The van der Waals surface area contributed by atoms with Gasteiger partial charge in [0.15, 0.2) is 0 Å². The molecule has 1 aromatic carbocycles. The van der Waals surface area contributed by atoms with E-state index in [1.807, 2.05) is 45.0 Å². The number of piperidine rings is 1. The Balaban J connectivity index is 1.28. The number of alkyl carbamates (subject to hydrolysis) is 1. The molecule has 0 radical (unpaired) electrons. The molecule has 3 fully saturated rings. The number of nitrogens with one attached hydrogen (secondary N) is 2. The van der Waals surface area contributed by atoms with E-state index in [9.17, 15) is 19.2 Å². The third-order valence-corrected chi connectivity index (χ3v) is 6.32. The van der Waals surface area contributed by atoms with Crippen LogP contribution in [-0.2, 0) is 23.8 Å². The zero-order valence-electron chi connectivity index (χ0n) is 22.0. The van der Waals surface area contributed by atoms with Crippen LogP contribution in [0.2, 0.25) is 0 Å². The Hall–Kier alpha value is -3.62. The minimum atomic E-state index is -0.704. The third-order valence-electron chi connectivity index (χ3n) is 6.32. The van der Waals surface area contributed by atoms with Crippen LogP contribution in [0.5, 0.6) is 0 Å². The Morgan fingerprint density at radius 1 is 1.24 bits per heavy atom. The molecule has 1 aromatic rings. The number of hydrogen-bond donors (Lipinski definition) is 2. The number of carbonyl (C=O) groups excluding carboxylic acids is 4. The number of amides is 4. The predicted octanol–water partition coefficient (Wildman–Crippen LogP) is 1.56. The van der Waals surface area contributed by atoms with Gasteiger partial charge in [-0.2, -0.15) is 0 Å². The van der Waals surface area contributed by atoms with Gasteiger partial charge >= 0.3 is 12.2 Å². The lowest BCUT2D eigenvalue weighted by Crippen LogP contribution is -2.52. The second kappa shape index (κ2) is 11.8. The lowest BCUT2D eigenvalue weighted by Gasteiger charge is -2.31. The van der Waals surface area contributed by atoms with Crippen molar-refractivity contribution in [3.05, 3.63) is 35.4 Å². The van der Waals surface area contributed by atoms with Crippen molar-refractivity contribution >= 4 is 24.0 Å². The molecular formula is C27H34N4O7. The fourth-order valence-electron chi connectivity index (χ4n) is 4.52. The number of nitrogens with zero attached hydrogens (tertiary/aromatic N) is 2. The molecule has 204 valence electrons. The van der Waals surface area contributed by atoms with E-state index in [2.05, 4.69) is 27.4 Å². The number of ether oxygens (including phenoxy) is 3. The standard InChI is InChI=1S/C27H34N4O7/c1-27(2,3)38-25(34)28-15-20-16-30(12-13-36-20)11-5-7-18-6-4-8-19(14-18)22-17-31(26(35)37-22)21-9-10-23(32)29-24(21)33/h4,6,8,14,20-22H,9-13,15-17H2,1-3H3,(H,28,34)(H,29,32,33)/t20-,21?,22+/m0/s1. The molecule has 3 saturated heterocycles. The molecule has 2 N–H and O–H groups in total. The van der Waals surface area contributed by atoms with Crippen LogP contribution < -0.4 is 10.6 Å². The average Bonchev–Trinajstić information content (AvgIpc) is 3.23. The monoisotopic (exact) mass is 526 g/mol. The van der Waals surface area contributed by atoms with Gasteiger partial charge in [0, 0.05) is 31.6 Å². The summed E-state index contributed by atoms with van der Waals surface area (Å²) in [4.78, 5) is 51.5. The van der Waals surface area contributed by atoms with Crippen LogP contribution >= 0.6 is 0 Å². The SMILES string of the molecule is CC(C)(C)OC(=O)NC[C@H]1CN(CC#Cc2cccc([C@H]3CN(C4CCC(=O)NC4=O)C(=O)O3)c2)CCO1. The van der Waals surface area contributed by atoms with E-state index < -0.39 is 35.8 Å². The summed E-state index contributed by atoms with van der Waals surface area (Å²) in [6.07, 6.45) is -1.22. The van der Waals surface area contributed by atoms with Crippen molar-refractivity contribution in [1.82, 2.24) is 20.4 Å².